The third kappa shape index (κ3) is 4.21. The van der Waals surface area contributed by atoms with Crippen molar-refractivity contribution in [3.63, 3.8) is 0 Å². The molecule has 7 heteroatoms. The summed E-state index contributed by atoms with van der Waals surface area (Å²) < 4.78 is 38.2. The van der Waals surface area contributed by atoms with Crippen LogP contribution in [-0.2, 0) is 10.0 Å². The number of nitriles is 1. The molecule has 0 aliphatic heterocycles. The number of anilines is 1. The molecule has 1 aromatic carbocycles. The maximum Gasteiger partial charge on any atom is 0.232 e. The first-order valence-electron chi connectivity index (χ1n) is 4.74. The number of halogens is 2. The van der Waals surface area contributed by atoms with Crippen molar-refractivity contribution < 1.29 is 12.8 Å². The predicted octanol–water partition coefficient (Wildman–Crippen LogP) is 2.07. The van der Waals surface area contributed by atoms with Crippen LogP contribution >= 0.6 is 11.6 Å². The Labute approximate surface area is 104 Å². The quantitative estimate of drug-likeness (QED) is 0.837. The lowest BCUT2D eigenvalue weighted by atomic mass is 10.2. The van der Waals surface area contributed by atoms with Gasteiger partial charge in [-0.25, -0.2) is 12.8 Å². The van der Waals surface area contributed by atoms with E-state index in [9.17, 15) is 12.8 Å². The minimum absolute atomic E-state index is 0.115. The molecular weight excluding hydrogens is 267 g/mol. The van der Waals surface area contributed by atoms with Crippen molar-refractivity contribution >= 4 is 27.3 Å². The predicted molar refractivity (Wildman–Crippen MR) is 63.9 cm³/mol. The van der Waals surface area contributed by atoms with Gasteiger partial charge in [-0.05, 0) is 24.6 Å². The maximum atomic E-state index is 13.0. The average Bonchev–Trinajstić information content (AvgIpc) is 2.29. The maximum absolute atomic E-state index is 13.0. The summed E-state index contributed by atoms with van der Waals surface area (Å²) in [6.45, 7) is 0. The highest BCUT2D eigenvalue weighted by Gasteiger charge is 2.11. The van der Waals surface area contributed by atoms with Crippen LogP contribution in [0.5, 0.6) is 0 Å². The second-order valence-electron chi connectivity index (χ2n) is 3.27. The third-order valence-corrected chi connectivity index (χ3v) is 3.55. The van der Waals surface area contributed by atoms with Gasteiger partial charge in [0.25, 0.3) is 0 Å². The van der Waals surface area contributed by atoms with Crippen LogP contribution in [0.2, 0.25) is 0 Å². The fourth-order valence-corrected chi connectivity index (χ4v) is 2.55. The summed E-state index contributed by atoms with van der Waals surface area (Å²) >= 11 is 5.39. The van der Waals surface area contributed by atoms with E-state index >= 15 is 0 Å². The molecule has 0 saturated heterocycles. The molecule has 0 bridgehead atoms. The molecular formula is C10H10ClFN2O2S. The van der Waals surface area contributed by atoms with Gasteiger partial charge >= 0.3 is 0 Å². The molecule has 1 aromatic rings. The summed E-state index contributed by atoms with van der Waals surface area (Å²) in [5, 5.41) is 8.60. The standard InChI is InChI=1S/C10H10ClFN2O2S/c11-4-1-5-17(15,16)14-9-2-3-10(12)8(6-9)7-13/h2-3,6,14H,1,4-5H2. The number of sulfonamides is 1. The minimum atomic E-state index is -3.50. The molecule has 0 atom stereocenters. The smallest absolute Gasteiger partial charge is 0.232 e. The lowest BCUT2D eigenvalue weighted by Crippen LogP contribution is -2.17. The van der Waals surface area contributed by atoms with Crippen LogP contribution in [0.3, 0.4) is 0 Å². The fraction of sp³-hybridized carbons (Fsp3) is 0.300. The largest absolute Gasteiger partial charge is 0.284 e. The molecule has 0 radical (unpaired) electrons. The van der Waals surface area contributed by atoms with Crippen LogP contribution in [0.25, 0.3) is 0 Å². The highest BCUT2D eigenvalue weighted by atomic mass is 35.5. The second kappa shape index (κ2) is 5.84. The van der Waals surface area contributed by atoms with Gasteiger partial charge in [-0.1, -0.05) is 0 Å². The normalized spacial score (nSPS) is 10.9. The van der Waals surface area contributed by atoms with Gasteiger partial charge in [0, 0.05) is 11.6 Å². The van der Waals surface area contributed by atoms with E-state index in [1.165, 1.54) is 6.07 Å². The van der Waals surface area contributed by atoms with E-state index in [0.29, 0.717) is 6.42 Å². The van der Waals surface area contributed by atoms with Gasteiger partial charge in [-0.3, -0.25) is 4.72 Å². The van der Waals surface area contributed by atoms with Crippen LogP contribution < -0.4 is 4.72 Å². The van der Waals surface area contributed by atoms with Crippen molar-refractivity contribution in [3.8, 4) is 6.07 Å². The number of hydrogen-bond acceptors (Lipinski definition) is 3. The molecule has 4 nitrogen and oxygen atoms in total. The third-order valence-electron chi connectivity index (χ3n) is 1.91. The Bertz CT molecular complexity index is 540. The molecule has 1 N–H and O–H groups in total. The molecule has 0 amide bonds. The van der Waals surface area contributed by atoms with E-state index in [1.807, 2.05) is 0 Å². The van der Waals surface area contributed by atoms with Crippen LogP contribution in [0.1, 0.15) is 12.0 Å². The number of nitrogens with one attached hydrogen (secondary N) is 1. The van der Waals surface area contributed by atoms with Gasteiger partial charge < -0.3 is 0 Å². The van der Waals surface area contributed by atoms with Crippen LogP contribution in [0.15, 0.2) is 18.2 Å². The molecule has 1 rings (SSSR count). The van der Waals surface area contributed by atoms with E-state index in [4.69, 9.17) is 16.9 Å². The zero-order valence-corrected chi connectivity index (χ0v) is 10.4. The van der Waals surface area contributed by atoms with Crippen molar-refractivity contribution in [3.05, 3.63) is 29.6 Å². The average molecular weight is 277 g/mol. The highest BCUT2D eigenvalue weighted by molar-refractivity contribution is 7.92. The van der Waals surface area contributed by atoms with E-state index < -0.39 is 15.8 Å². The van der Waals surface area contributed by atoms with E-state index in [1.54, 1.807) is 6.07 Å². The van der Waals surface area contributed by atoms with E-state index in [2.05, 4.69) is 4.72 Å². The fourth-order valence-electron chi connectivity index (χ4n) is 1.15. The van der Waals surface area contributed by atoms with Crippen molar-refractivity contribution in [1.29, 1.82) is 5.26 Å². The molecule has 0 unspecified atom stereocenters. The van der Waals surface area contributed by atoms with Gasteiger partial charge in [0.05, 0.1) is 11.3 Å². The molecule has 17 heavy (non-hydrogen) atoms. The Hall–Kier alpha value is -1.32. The Morgan fingerprint density at radius 3 is 2.76 bits per heavy atom. The summed E-state index contributed by atoms with van der Waals surface area (Å²) in [6, 6.07) is 5.08. The SMILES string of the molecule is N#Cc1cc(NS(=O)(=O)CCCCl)ccc1F. The topological polar surface area (TPSA) is 70.0 Å². The van der Waals surface area contributed by atoms with Crippen LogP contribution in [0, 0.1) is 17.1 Å². The van der Waals surface area contributed by atoms with Gasteiger partial charge in [0.15, 0.2) is 0 Å². The van der Waals surface area contributed by atoms with Gasteiger partial charge in [-0.2, -0.15) is 5.26 Å². The van der Waals surface area contributed by atoms with Crippen LogP contribution in [-0.4, -0.2) is 20.1 Å². The van der Waals surface area contributed by atoms with Crippen molar-refractivity contribution in [2.24, 2.45) is 0 Å². The molecule has 0 saturated carbocycles. The summed E-state index contributed by atoms with van der Waals surface area (Å²) in [4.78, 5) is 0. The first kappa shape index (κ1) is 13.7. The van der Waals surface area contributed by atoms with Gasteiger partial charge in [-0.15, -0.1) is 11.6 Å². The Balaban J connectivity index is 2.86. The lowest BCUT2D eigenvalue weighted by molar-refractivity contribution is 0.599. The summed E-state index contributed by atoms with van der Waals surface area (Å²) in [5.74, 6) is -0.556. The highest BCUT2D eigenvalue weighted by Crippen LogP contribution is 2.15. The number of hydrogen-bond donors (Lipinski definition) is 1. The Morgan fingerprint density at radius 1 is 1.47 bits per heavy atom. The molecule has 92 valence electrons. The van der Waals surface area contributed by atoms with Crippen molar-refractivity contribution in [2.75, 3.05) is 16.4 Å². The minimum Gasteiger partial charge on any atom is -0.284 e. The Kier molecular flexibility index (Phi) is 4.73. The Morgan fingerprint density at radius 2 is 2.18 bits per heavy atom. The first-order valence-corrected chi connectivity index (χ1v) is 6.93. The lowest BCUT2D eigenvalue weighted by Gasteiger charge is -2.07. The number of benzene rings is 1. The van der Waals surface area contributed by atoms with E-state index in [-0.39, 0.29) is 22.9 Å². The number of rotatable bonds is 5. The number of nitrogens with zero attached hydrogens (tertiary/aromatic N) is 1. The molecule has 0 aliphatic carbocycles. The van der Waals surface area contributed by atoms with Gasteiger partial charge in [0.1, 0.15) is 11.9 Å². The number of alkyl halides is 1. The van der Waals surface area contributed by atoms with E-state index in [0.717, 1.165) is 12.1 Å². The molecule has 0 fully saturated rings. The molecule has 0 aliphatic rings. The van der Waals surface area contributed by atoms with Crippen LogP contribution in [0.4, 0.5) is 10.1 Å². The van der Waals surface area contributed by atoms with Gasteiger partial charge in [0.2, 0.25) is 10.0 Å². The van der Waals surface area contributed by atoms with Crippen molar-refractivity contribution in [1.82, 2.24) is 0 Å². The zero-order valence-electron chi connectivity index (χ0n) is 8.78. The monoisotopic (exact) mass is 276 g/mol. The summed E-state index contributed by atoms with van der Waals surface area (Å²) in [5.41, 5.74) is -0.0416. The zero-order chi connectivity index (χ0) is 12.9. The summed E-state index contributed by atoms with van der Waals surface area (Å²) in [6.07, 6.45) is 0.323. The molecule has 0 aromatic heterocycles. The first-order chi connectivity index (χ1) is 7.98. The molecule has 0 heterocycles. The van der Waals surface area contributed by atoms with Crippen molar-refractivity contribution in [2.45, 2.75) is 6.42 Å². The second-order valence-corrected chi connectivity index (χ2v) is 5.49. The summed E-state index contributed by atoms with van der Waals surface area (Å²) in [7, 11) is -3.50. The molecule has 0 spiro atoms.